The van der Waals surface area contributed by atoms with Gasteiger partial charge in [-0.25, -0.2) is 13.6 Å². The molecule has 1 heterocycles. The van der Waals surface area contributed by atoms with Crippen molar-refractivity contribution >= 4 is 17.3 Å². The molecule has 3 nitrogen and oxygen atoms in total. The van der Waals surface area contributed by atoms with Gasteiger partial charge in [0.2, 0.25) is 0 Å². The lowest BCUT2D eigenvalue weighted by atomic mass is 10.2. The van der Waals surface area contributed by atoms with E-state index in [2.05, 4.69) is 5.32 Å². The van der Waals surface area contributed by atoms with Crippen LogP contribution in [-0.4, -0.2) is 11.1 Å². The van der Waals surface area contributed by atoms with E-state index in [0.717, 1.165) is 23.5 Å². The molecule has 0 aliphatic carbocycles. The summed E-state index contributed by atoms with van der Waals surface area (Å²) in [6, 6.07) is 5.40. The standard InChI is InChI=1S/C13H11F2NO2S/c14-10-2-1-8(5-11(10)15)6-16-7-9-3-4-19-12(9)13(17)18/h1-5,16H,6-7H2,(H,17,18). The van der Waals surface area contributed by atoms with Gasteiger partial charge in [-0.3, -0.25) is 0 Å². The number of halogens is 2. The van der Waals surface area contributed by atoms with Crippen molar-refractivity contribution in [2.24, 2.45) is 0 Å². The average Bonchev–Trinajstić information content (AvgIpc) is 2.82. The first-order valence-corrected chi connectivity index (χ1v) is 6.40. The molecule has 0 spiro atoms. The van der Waals surface area contributed by atoms with Crippen molar-refractivity contribution in [3.05, 3.63) is 57.3 Å². The van der Waals surface area contributed by atoms with Crippen LogP contribution in [0.3, 0.4) is 0 Å². The van der Waals surface area contributed by atoms with E-state index in [0.29, 0.717) is 24.2 Å². The second-order valence-corrected chi connectivity index (χ2v) is 4.85. The van der Waals surface area contributed by atoms with E-state index >= 15 is 0 Å². The first-order chi connectivity index (χ1) is 9.08. The van der Waals surface area contributed by atoms with Crippen LogP contribution in [0.2, 0.25) is 0 Å². The Hall–Kier alpha value is -1.79. The molecule has 0 bridgehead atoms. The number of benzene rings is 1. The van der Waals surface area contributed by atoms with Crippen molar-refractivity contribution < 1.29 is 18.7 Å². The molecule has 0 amide bonds. The highest BCUT2D eigenvalue weighted by atomic mass is 32.1. The number of carboxylic acids is 1. The molecule has 0 fully saturated rings. The second kappa shape index (κ2) is 5.90. The lowest BCUT2D eigenvalue weighted by Gasteiger charge is -2.05. The summed E-state index contributed by atoms with van der Waals surface area (Å²) < 4.78 is 25.7. The summed E-state index contributed by atoms with van der Waals surface area (Å²) in [5.74, 6) is -2.73. The van der Waals surface area contributed by atoms with Gasteiger partial charge in [0.05, 0.1) is 0 Å². The minimum absolute atomic E-state index is 0.290. The molecular weight excluding hydrogens is 272 g/mol. The number of rotatable bonds is 5. The van der Waals surface area contributed by atoms with Crippen molar-refractivity contribution in [3.8, 4) is 0 Å². The maximum atomic E-state index is 13.0. The van der Waals surface area contributed by atoms with Gasteiger partial charge in [-0.1, -0.05) is 6.07 Å². The molecule has 2 rings (SSSR count). The normalized spacial score (nSPS) is 10.6. The highest BCUT2D eigenvalue weighted by molar-refractivity contribution is 7.12. The number of hydrogen-bond acceptors (Lipinski definition) is 3. The number of thiophene rings is 1. The predicted octanol–water partition coefficient (Wildman–Crippen LogP) is 3.01. The van der Waals surface area contributed by atoms with Crippen LogP contribution in [0.5, 0.6) is 0 Å². The van der Waals surface area contributed by atoms with Crippen molar-refractivity contribution in [1.82, 2.24) is 5.32 Å². The van der Waals surface area contributed by atoms with E-state index in [4.69, 9.17) is 5.11 Å². The highest BCUT2D eigenvalue weighted by Crippen LogP contribution is 2.16. The molecule has 0 aliphatic rings. The monoisotopic (exact) mass is 283 g/mol. The van der Waals surface area contributed by atoms with Crippen LogP contribution in [0.4, 0.5) is 8.78 Å². The third-order valence-corrected chi connectivity index (χ3v) is 3.51. The van der Waals surface area contributed by atoms with E-state index in [9.17, 15) is 13.6 Å². The van der Waals surface area contributed by atoms with Gasteiger partial charge >= 0.3 is 5.97 Å². The Balaban J connectivity index is 1.94. The number of carboxylic acid groups (broad SMARTS) is 1. The topological polar surface area (TPSA) is 49.3 Å². The molecule has 1 aromatic carbocycles. The minimum atomic E-state index is -0.959. The van der Waals surface area contributed by atoms with Crippen molar-refractivity contribution in [1.29, 1.82) is 0 Å². The van der Waals surface area contributed by atoms with Crippen LogP contribution in [0, 0.1) is 11.6 Å². The van der Waals surface area contributed by atoms with E-state index < -0.39 is 17.6 Å². The Kier molecular flexibility index (Phi) is 4.24. The van der Waals surface area contributed by atoms with Crippen molar-refractivity contribution in [2.45, 2.75) is 13.1 Å². The number of carbonyl (C=O) groups is 1. The SMILES string of the molecule is O=C(O)c1sccc1CNCc1ccc(F)c(F)c1. The Morgan fingerprint density at radius 1 is 1.21 bits per heavy atom. The molecule has 100 valence electrons. The van der Waals surface area contributed by atoms with Gasteiger partial charge in [0.1, 0.15) is 4.88 Å². The molecular formula is C13H11F2NO2S. The van der Waals surface area contributed by atoms with Crippen LogP contribution in [-0.2, 0) is 13.1 Å². The molecule has 0 saturated heterocycles. The van der Waals surface area contributed by atoms with Crippen LogP contribution < -0.4 is 5.32 Å². The summed E-state index contributed by atoms with van der Waals surface area (Å²) in [5.41, 5.74) is 1.28. The molecule has 0 radical (unpaired) electrons. The van der Waals surface area contributed by atoms with Gasteiger partial charge in [0.15, 0.2) is 11.6 Å². The second-order valence-electron chi connectivity index (χ2n) is 3.93. The van der Waals surface area contributed by atoms with Crippen LogP contribution >= 0.6 is 11.3 Å². The Morgan fingerprint density at radius 2 is 2.00 bits per heavy atom. The van der Waals surface area contributed by atoms with Crippen LogP contribution in [0.15, 0.2) is 29.6 Å². The summed E-state index contributed by atoms with van der Waals surface area (Å²) in [6.45, 7) is 0.705. The summed E-state index contributed by atoms with van der Waals surface area (Å²) in [5, 5.41) is 13.6. The predicted molar refractivity (Wildman–Crippen MR) is 68.2 cm³/mol. The molecule has 0 aliphatic heterocycles. The van der Waals surface area contributed by atoms with Crippen molar-refractivity contribution in [2.75, 3.05) is 0 Å². The van der Waals surface area contributed by atoms with Gasteiger partial charge in [0.25, 0.3) is 0 Å². The molecule has 0 unspecified atom stereocenters. The summed E-state index contributed by atoms with van der Waals surface area (Å²) in [6.07, 6.45) is 0. The highest BCUT2D eigenvalue weighted by Gasteiger charge is 2.11. The fraction of sp³-hybridized carbons (Fsp3) is 0.154. The van der Waals surface area contributed by atoms with Gasteiger partial charge in [-0.2, -0.15) is 0 Å². The zero-order valence-corrected chi connectivity index (χ0v) is 10.6. The fourth-order valence-corrected chi connectivity index (χ4v) is 2.41. The number of nitrogens with one attached hydrogen (secondary N) is 1. The molecule has 2 N–H and O–H groups in total. The quantitative estimate of drug-likeness (QED) is 0.886. The zero-order chi connectivity index (χ0) is 13.8. The maximum Gasteiger partial charge on any atom is 0.346 e. The van der Waals surface area contributed by atoms with Crippen LogP contribution in [0.1, 0.15) is 20.8 Å². The lowest BCUT2D eigenvalue weighted by molar-refractivity contribution is 0.0701. The molecule has 6 heteroatoms. The maximum absolute atomic E-state index is 13.0. The molecule has 19 heavy (non-hydrogen) atoms. The molecule has 0 atom stereocenters. The Labute approximate surface area is 112 Å². The van der Waals surface area contributed by atoms with Gasteiger partial charge in [0, 0.05) is 13.1 Å². The third-order valence-electron chi connectivity index (χ3n) is 2.57. The minimum Gasteiger partial charge on any atom is -0.477 e. The molecule has 0 saturated carbocycles. The molecule has 1 aromatic heterocycles. The van der Waals surface area contributed by atoms with E-state index in [1.54, 1.807) is 11.4 Å². The largest absolute Gasteiger partial charge is 0.477 e. The smallest absolute Gasteiger partial charge is 0.346 e. The van der Waals surface area contributed by atoms with Gasteiger partial charge in [-0.05, 0) is 34.7 Å². The number of hydrogen-bond donors (Lipinski definition) is 2. The lowest BCUT2D eigenvalue weighted by Crippen LogP contribution is -2.14. The zero-order valence-electron chi connectivity index (χ0n) is 9.82. The Bertz CT molecular complexity index is 598. The first kappa shape index (κ1) is 13.6. The summed E-state index contributed by atoms with van der Waals surface area (Å²) in [4.78, 5) is 11.2. The van der Waals surface area contributed by atoms with E-state index in [1.807, 2.05) is 0 Å². The van der Waals surface area contributed by atoms with Crippen molar-refractivity contribution in [3.63, 3.8) is 0 Å². The summed E-state index contributed by atoms with van der Waals surface area (Å²) >= 11 is 1.16. The van der Waals surface area contributed by atoms with Gasteiger partial charge < -0.3 is 10.4 Å². The first-order valence-electron chi connectivity index (χ1n) is 5.52. The van der Waals surface area contributed by atoms with E-state index in [-0.39, 0.29) is 4.88 Å². The third kappa shape index (κ3) is 3.36. The van der Waals surface area contributed by atoms with Gasteiger partial charge in [-0.15, -0.1) is 11.3 Å². The molecule has 2 aromatic rings. The van der Waals surface area contributed by atoms with Crippen LogP contribution in [0.25, 0.3) is 0 Å². The van der Waals surface area contributed by atoms with E-state index in [1.165, 1.54) is 6.07 Å². The average molecular weight is 283 g/mol. The summed E-state index contributed by atoms with van der Waals surface area (Å²) in [7, 11) is 0. The Morgan fingerprint density at radius 3 is 2.68 bits per heavy atom. The fourth-order valence-electron chi connectivity index (χ4n) is 1.65. The number of aromatic carboxylic acids is 1.